The highest BCUT2D eigenvalue weighted by Crippen LogP contribution is 2.29. The van der Waals surface area contributed by atoms with E-state index in [1.807, 2.05) is 19.6 Å². The predicted octanol–water partition coefficient (Wildman–Crippen LogP) is 2.90. The van der Waals surface area contributed by atoms with Crippen molar-refractivity contribution in [2.24, 2.45) is 0 Å². The van der Waals surface area contributed by atoms with Gasteiger partial charge in [-0.2, -0.15) is 0 Å². The summed E-state index contributed by atoms with van der Waals surface area (Å²) < 4.78 is 15.6. The lowest BCUT2D eigenvalue weighted by Crippen LogP contribution is -2.30. The van der Waals surface area contributed by atoms with Crippen LogP contribution < -0.4 is 0 Å². The van der Waals surface area contributed by atoms with Gasteiger partial charge in [-0.05, 0) is 25.7 Å². The van der Waals surface area contributed by atoms with E-state index >= 15 is 0 Å². The van der Waals surface area contributed by atoms with Crippen LogP contribution >= 0.6 is 0 Å². The van der Waals surface area contributed by atoms with Crippen LogP contribution in [0.5, 0.6) is 0 Å². The zero-order valence-electron chi connectivity index (χ0n) is 10.6. The molecule has 0 aliphatic carbocycles. The number of carbonyl (C=O) groups is 1. The Morgan fingerprint density at radius 2 is 2.12 bits per heavy atom. The molecule has 0 saturated heterocycles. The lowest BCUT2D eigenvalue weighted by molar-refractivity contribution is -0.137. The van der Waals surface area contributed by atoms with Crippen molar-refractivity contribution in [3.8, 4) is 0 Å². The van der Waals surface area contributed by atoms with Crippen LogP contribution in [0.15, 0.2) is 35.2 Å². The highest BCUT2D eigenvalue weighted by molar-refractivity contribution is 6.69. The molecule has 0 bridgehead atoms. The van der Waals surface area contributed by atoms with Crippen LogP contribution in [0.1, 0.15) is 11.7 Å². The van der Waals surface area contributed by atoms with Crippen molar-refractivity contribution in [1.29, 1.82) is 0 Å². The van der Waals surface area contributed by atoms with Crippen LogP contribution in [0.25, 0.3) is 0 Å². The lowest BCUT2D eigenvalue weighted by atomic mass is 10.1. The SMILES string of the molecule is C=C(C(=O)OC)C(O[Si](C)(C)C)c1ccoc1. The molecule has 1 heterocycles. The molecule has 0 aliphatic rings. The Kier molecular flexibility index (Phi) is 4.31. The number of rotatable bonds is 5. The maximum absolute atomic E-state index is 11.5. The fraction of sp³-hybridized carbons (Fsp3) is 0.417. The van der Waals surface area contributed by atoms with Gasteiger partial charge in [-0.1, -0.05) is 6.58 Å². The third-order valence-corrected chi connectivity index (χ3v) is 3.02. The van der Waals surface area contributed by atoms with Crippen molar-refractivity contribution in [3.05, 3.63) is 36.3 Å². The molecule has 0 aromatic carbocycles. The van der Waals surface area contributed by atoms with Gasteiger partial charge in [-0.25, -0.2) is 4.79 Å². The predicted molar refractivity (Wildman–Crippen MR) is 67.0 cm³/mol. The largest absolute Gasteiger partial charge is 0.472 e. The number of carbonyl (C=O) groups excluding carboxylic acids is 1. The van der Waals surface area contributed by atoms with E-state index in [-0.39, 0.29) is 5.57 Å². The Bertz CT molecular complexity index is 389. The van der Waals surface area contributed by atoms with E-state index in [2.05, 4.69) is 11.3 Å². The van der Waals surface area contributed by atoms with E-state index in [4.69, 9.17) is 8.84 Å². The number of esters is 1. The molecular weight excluding hydrogens is 236 g/mol. The number of furan rings is 1. The summed E-state index contributed by atoms with van der Waals surface area (Å²) in [4.78, 5) is 11.5. The molecule has 0 aliphatic heterocycles. The minimum atomic E-state index is -1.81. The molecule has 0 fully saturated rings. The molecule has 0 N–H and O–H groups in total. The van der Waals surface area contributed by atoms with Crippen molar-refractivity contribution >= 4 is 14.3 Å². The van der Waals surface area contributed by atoms with Crippen LogP contribution in [-0.2, 0) is 14.0 Å². The van der Waals surface area contributed by atoms with Crippen LogP contribution in [0.4, 0.5) is 0 Å². The van der Waals surface area contributed by atoms with E-state index < -0.39 is 20.4 Å². The third kappa shape index (κ3) is 3.87. The van der Waals surface area contributed by atoms with Gasteiger partial charge in [0.15, 0.2) is 8.32 Å². The molecule has 4 nitrogen and oxygen atoms in total. The average molecular weight is 254 g/mol. The third-order valence-electron chi connectivity index (χ3n) is 2.08. The van der Waals surface area contributed by atoms with Crippen molar-refractivity contribution in [2.45, 2.75) is 25.7 Å². The minimum absolute atomic E-state index is 0.288. The maximum atomic E-state index is 11.5. The van der Waals surface area contributed by atoms with E-state index in [1.54, 1.807) is 18.6 Å². The zero-order valence-corrected chi connectivity index (χ0v) is 11.6. The Balaban J connectivity index is 2.95. The van der Waals surface area contributed by atoms with Crippen molar-refractivity contribution < 1.29 is 18.4 Å². The first-order chi connectivity index (χ1) is 7.85. The zero-order chi connectivity index (χ0) is 13.1. The lowest BCUT2D eigenvalue weighted by Gasteiger charge is -2.26. The van der Waals surface area contributed by atoms with Crippen LogP contribution in [0, 0.1) is 0 Å². The van der Waals surface area contributed by atoms with Gasteiger partial charge in [0.1, 0.15) is 6.10 Å². The summed E-state index contributed by atoms with van der Waals surface area (Å²) in [5.74, 6) is -0.463. The fourth-order valence-corrected chi connectivity index (χ4v) is 2.34. The molecule has 94 valence electrons. The molecule has 0 spiro atoms. The van der Waals surface area contributed by atoms with Gasteiger partial charge in [0.05, 0.1) is 25.2 Å². The van der Waals surface area contributed by atoms with Crippen molar-refractivity contribution in [3.63, 3.8) is 0 Å². The summed E-state index contributed by atoms with van der Waals surface area (Å²) in [5, 5.41) is 0. The Hall–Kier alpha value is -1.33. The summed E-state index contributed by atoms with van der Waals surface area (Å²) in [6.07, 6.45) is 2.60. The van der Waals surface area contributed by atoms with Gasteiger partial charge in [0.2, 0.25) is 0 Å². The first-order valence-electron chi connectivity index (χ1n) is 5.32. The average Bonchev–Trinajstić information content (AvgIpc) is 2.75. The summed E-state index contributed by atoms with van der Waals surface area (Å²) in [7, 11) is -0.480. The van der Waals surface area contributed by atoms with E-state index in [0.717, 1.165) is 5.56 Å². The molecule has 0 amide bonds. The Morgan fingerprint density at radius 1 is 1.47 bits per heavy atom. The molecule has 1 aromatic rings. The summed E-state index contributed by atoms with van der Waals surface area (Å²) >= 11 is 0. The van der Waals surface area contributed by atoms with Crippen molar-refractivity contribution in [2.75, 3.05) is 7.11 Å². The summed E-state index contributed by atoms with van der Waals surface area (Å²) in [6.45, 7) is 9.89. The number of ether oxygens (including phenoxy) is 1. The minimum Gasteiger partial charge on any atom is -0.472 e. The maximum Gasteiger partial charge on any atom is 0.336 e. The van der Waals surface area contributed by atoms with Gasteiger partial charge in [0, 0.05) is 5.56 Å². The van der Waals surface area contributed by atoms with Crippen LogP contribution in [-0.4, -0.2) is 21.4 Å². The first-order valence-corrected chi connectivity index (χ1v) is 8.73. The molecule has 5 heteroatoms. The molecule has 1 unspecified atom stereocenters. The second kappa shape index (κ2) is 5.33. The highest BCUT2D eigenvalue weighted by atomic mass is 28.4. The number of methoxy groups -OCH3 is 1. The second-order valence-corrected chi connectivity index (χ2v) is 9.14. The quantitative estimate of drug-likeness (QED) is 0.460. The van der Waals surface area contributed by atoms with Gasteiger partial charge < -0.3 is 13.6 Å². The highest BCUT2D eigenvalue weighted by Gasteiger charge is 2.28. The van der Waals surface area contributed by atoms with Crippen LogP contribution in [0.2, 0.25) is 19.6 Å². The smallest absolute Gasteiger partial charge is 0.336 e. The molecule has 0 radical (unpaired) electrons. The number of hydrogen-bond acceptors (Lipinski definition) is 4. The topological polar surface area (TPSA) is 48.7 Å². The molecule has 0 saturated carbocycles. The van der Waals surface area contributed by atoms with Crippen molar-refractivity contribution in [1.82, 2.24) is 0 Å². The van der Waals surface area contributed by atoms with E-state index in [9.17, 15) is 4.79 Å². The molecular formula is C12H18O4Si. The summed E-state index contributed by atoms with van der Waals surface area (Å²) in [5.41, 5.74) is 1.07. The van der Waals surface area contributed by atoms with Gasteiger partial charge in [-0.15, -0.1) is 0 Å². The fourth-order valence-electron chi connectivity index (χ4n) is 1.36. The Morgan fingerprint density at radius 3 is 2.53 bits per heavy atom. The number of hydrogen-bond donors (Lipinski definition) is 0. The Labute approximate surface area is 102 Å². The van der Waals surface area contributed by atoms with Gasteiger partial charge >= 0.3 is 5.97 Å². The van der Waals surface area contributed by atoms with E-state index in [1.165, 1.54) is 7.11 Å². The normalized spacial score (nSPS) is 13.2. The van der Waals surface area contributed by atoms with E-state index in [0.29, 0.717) is 0 Å². The van der Waals surface area contributed by atoms with Gasteiger partial charge in [0.25, 0.3) is 0 Å². The molecule has 17 heavy (non-hydrogen) atoms. The molecule has 1 atom stereocenters. The van der Waals surface area contributed by atoms with Gasteiger partial charge in [-0.3, -0.25) is 0 Å². The molecule has 1 rings (SSSR count). The standard InChI is InChI=1S/C12H18O4Si/c1-9(12(13)14-2)11(16-17(3,4)5)10-6-7-15-8-10/h6-8,11H,1H2,2-5H3. The molecule has 1 aromatic heterocycles. The van der Waals surface area contributed by atoms with Crippen LogP contribution in [0.3, 0.4) is 0 Å². The first kappa shape index (κ1) is 13.7. The monoisotopic (exact) mass is 254 g/mol. The second-order valence-electron chi connectivity index (χ2n) is 4.68. The summed E-state index contributed by atoms with van der Waals surface area (Å²) in [6, 6.07) is 1.76.